The Hall–Kier alpha value is -1.09. The molecule has 1 aromatic rings. The lowest BCUT2D eigenvalue weighted by Gasteiger charge is -2.11. The third-order valence-electron chi connectivity index (χ3n) is 4.28. The van der Waals surface area contributed by atoms with Crippen molar-refractivity contribution in [2.45, 2.75) is 43.9 Å². The molecule has 0 unspecified atom stereocenters. The highest BCUT2D eigenvalue weighted by atomic mass is 32.2. The van der Waals surface area contributed by atoms with Gasteiger partial charge in [-0.25, -0.2) is 8.42 Å². The van der Waals surface area contributed by atoms with Gasteiger partial charge in [-0.05, 0) is 38.0 Å². The summed E-state index contributed by atoms with van der Waals surface area (Å²) < 4.78 is 28.4. The molecule has 2 atom stereocenters. The van der Waals surface area contributed by atoms with Crippen molar-refractivity contribution in [3.63, 3.8) is 0 Å². The number of carbonyl (C=O) groups excluding carboxylic acids is 1. The number of carbonyl (C=O) groups is 1. The molecule has 1 aromatic heterocycles. The molecule has 128 valence electrons. The van der Waals surface area contributed by atoms with E-state index in [2.05, 4.69) is 15.5 Å². The summed E-state index contributed by atoms with van der Waals surface area (Å²) in [5, 5.41) is 11.2. The lowest BCUT2D eigenvalue weighted by atomic mass is 10.1. The van der Waals surface area contributed by atoms with E-state index < -0.39 is 9.84 Å². The first-order valence-corrected chi connectivity index (χ1v) is 10.7. The Balaban J connectivity index is 1.43. The first-order valence-electron chi connectivity index (χ1n) is 7.86. The normalized spacial score (nSPS) is 24.5. The van der Waals surface area contributed by atoms with E-state index in [4.69, 9.17) is 4.42 Å². The molecule has 1 aliphatic carbocycles. The van der Waals surface area contributed by atoms with Crippen molar-refractivity contribution < 1.29 is 17.6 Å². The molecular weight excluding hydrogens is 338 g/mol. The van der Waals surface area contributed by atoms with Crippen molar-refractivity contribution in [3.05, 3.63) is 5.89 Å². The zero-order valence-electron chi connectivity index (χ0n) is 13.0. The van der Waals surface area contributed by atoms with Crippen LogP contribution in [0.2, 0.25) is 0 Å². The smallest absolute Gasteiger partial charge is 0.277 e. The standard InChI is InChI=1S/C14H21N3O4S2/c1-9(11-2-3-11)15-12(18)7-22-14-17-16-13(21-14)6-10-4-5-23(19,20)8-10/h9-11H,2-8H2,1H3,(H,15,18)/t9-,10+/m1/s1. The molecule has 1 aliphatic heterocycles. The lowest BCUT2D eigenvalue weighted by Crippen LogP contribution is -2.35. The van der Waals surface area contributed by atoms with Crippen molar-refractivity contribution >= 4 is 27.5 Å². The maximum atomic E-state index is 11.8. The quantitative estimate of drug-likeness (QED) is 0.726. The second kappa shape index (κ2) is 6.80. The van der Waals surface area contributed by atoms with Gasteiger partial charge in [0.1, 0.15) is 0 Å². The molecule has 2 aliphatic rings. The predicted molar refractivity (Wildman–Crippen MR) is 85.8 cm³/mol. The number of hydrogen-bond donors (Lipinski definition) is 1. The number of rotatable bonds is 7. The maximum Gasteiger partial charge on any atom is 0.277 e. The van der Waals surface area contributed by atoms with Gasteiger partial charge in [0.2, 0.25) is 11.8 Å². The number of nitrogens with one attached hydrogen (secondary N) is 1. The Bertz CT molecular complexity index is 669. The van der Waals surface area contributed by atoms with Crippen molar-refractivity contribution in [2.75, 3.05) is 17.3 Å². The number of sulfone groups is 1. The van der Waals surface area contributed by atoms with E-state index in [1.807, 2.05) is 6.92 Å². The Labute approximate surface area is 139 Å². The predicted octanol–water partition coefficient (Wildman–Crippen LogP) is 1.05. The SMILES string of the molecule is C[C@@H](NC(=O)CSc1nnc(C[C@@H]2CCS(=O)(=O)C2)o1)C1CC1. The molecule has 7 nitrogen and oxygen atoms in total. The third-order valence-corrected chi connectivity index (χ3v) is 6.94. The second-order valence-electron chi connectivity index (χ2n) is 6.42. The summed E-state index contributed by atoms with van der Waals surface area (Å²) in [6, 6.07) is 0.227. The largest absolute Gasteiger partial charge is 0.416 e. The first kappa shape index (κ1) is 16.8. The highest BCUT2D eigenvalue weighted by Gasteiger charge is 2.30. The van der Waals surface area contributed by atoms with E-state index in [1.165, 1.54) is 24.6 Å². The average molecular weight is 359 g/mol. The summed E-state index contributed by atoms with van der Waals surface area (Å²) in [6.07, 6.45) is 3.52. The number of hydrogen-bond acceptors (Lipinski definition) is 7. The average Bonchev–Trinajstić information content (AvgIpc) is 3.15. The van der Waals surface area contributed by atoms with Gasteiger partial charge >= 0.3 is 0 Å². The molecule has 1 saturated heterocycles. The molecule has 23 heavy (non-hydrogen) atoms. The molecule has 3 rings (SSSR count). The Kier molecular flexibility index (Phi) is 4.96. The molecule has 9 heteroatoms. The number of amides is 1. The fourth-order valence-electron chi connectivity index (χ4n) is 2.80. The minimum Gasteiger partial charge on any atom is -0.416 e. The van der Waals surface area contributed by atoms with Crippen LogP contribution in [0.15, 0.2) is 9.64 Å². The maximum absolute atomic E-state index is 11.8. The van der Waals surface area contributed by atoms with Gasteiger partial charge in [-0.1, -0.05) is 11.8 Å². The van der Waals surface area contributed by atoms with E-state index in [0.717, 1.165) is 0 Å². The van der Waals surface area contributed by atoms with Gasteiger partial charge in [-0.3, -0.25) is 4.79 Å². The summed E-state index contributed by atoms with van der Waals surface area (Å²) in [7, 11) is -2.89. The molecule has 0 spiro atoms. The molecule has 1 N–H and O–H groups in total. The Morgan fingerprint density at radius 3 is 2.83 bits per heavy atom. The van der Waals surface area contributed by atoms with Crippen molar-refractivity contribution in [1.29, 1.82) is 0 Å². The van der Waals surface area contributed by atoms with Gasteiger partial charge in [0.15, 0.2) is 9.84 Å². The van der Waals surface area contributed by atoms with Crippen LogP contribution in [-0.4, -0.2) is 47.8 Å². The molecule has 0 aromatic carbocycles. The highest BCUT2D eigenvalue weighted by molar-refractivity contribution is 7.99. The summed E-state index contributed by atoms with van der Waals surface area (Å²) in [6.45, 7) is 2.03. The Morgan fingerprint density at radius 2 is 2.17 bits per heavy atom. The van der Waals surface area contributed by atoms with Gasteiger partial charge in [0.05, 0.1) is 17.3 Å². The van der Waals surface area contributed by atoms with E-state index in [0.29, 0.717) is 29.9 Å². The fourth-order valence-corrected chi connectivity index (χ4v) is 5.25. The van der Waals surface area contributed by atoms with Crippen LogP contribution >= 0.6 is 11.8 Å². The Morgan fingerprint density at radius 1 is 1.39 bits per heavy atom. The fraction of sp³-hybridized carbons (Fsp3) is 0.786. The van der Waals surface area contributed by atoms with Crippen molar-refractivity contribution in [1.82, 2.24) is 15.5 Å². The zero-order chi connectivity index (χ0) is 16.4. The monoisotopic (exact) mass is 359 g/mol. The lowest BCUT2D eigenvalue weighted by molar-refractivity contribution is -0.119. The molecule has 2 heterocycles. The summed E-state index contributed by atoms with van der Waals surface area (Å²) in [5.41, 5.74) is 0. The number of thioether (sulfide) groups is 1. The van der Waals surface area contributed by atoms with Crippen LogP contribution in [0.1, 0.15) is 32.1 Å². The third kappa shape index (κ3) is 4.94. The van der Waals surface area contributed by atoms with E-state index in [-0.39, 0.29) is 35.1 Å². The van der Waals surface area contributed by atoms with Gasteiger partial charge in [-0.2, -0.15) is 0 Å². The van der Waals surface area contributed by atoms with Gasteiger partial charge in [-0.15, -0.1) is 10.2 Å². The van der Waals surface area contributed by atoms with Crippen LogP contribution < -0.4 is 5.32 Å². The van der Waals surface area contributed by atoms with Crippen LogP contribution in [0.5, 0.6) is 0 Å². The van der Waals surface area contributed by atoms with Crippen molar-refractivity contribution in [2.24, 2.45) is 11.8 Å². The van der Waals surface area contributed by atoms with Crippen LogP contribution in [0, 0.1) is 11.8 Å². The number of aromatic nitrogens is 2. The van der Waals surface area contributed by atoms with Crippen LogP contribution in [-0.2, 0) is 21.1 Å². The molecular formula is C14H21N3O4S2. The van der Waals surface area contributed by atoms with Gasteiger partial charge in [0.25, 0.3) is 5.22 Å². The highest BCUT2D eigenvalue weighted by Crippen LogP contribution is 2.32. The topological polar surface area (TPSA) is 102 Å². The van der Waals surface area contributed by atoms with Gasteiger partial charge < -0.3 is 9.73 Å². The van der Waals surface area contributed by atoms with E-state index in [9.17, 15) is 13.2 Å². The van der Waals surface area contributed by atoms with E-state index in [1.54, 1.807) is 0 Å². The van der Waals surface area contributed by atoms with E-state index >= 15 is 0 Å². The summed E-state index contributed by atoms with van der Waals surface area (Å²) >= 11 is 1.21. The minimum atomic E-state index is -2.89. The summed E-state index contributed by atoms with van der Waals surface area (Å²) in [4.78, 5) is 11.8. The van der Waals surface area contributed by atoms with Crippen LogP contribution in [0.4, 0.5) is 0 Å². The molecule has 2 fully saturated rings. The first-order chi connectivity index (χ1) is 10.9. The molecule has 1 saturated carbocycles. The minimum absolute atomic E-state index is 0.0314. The molecule has 1 amide bonds. The zero-order valence-corrected chi connectivity index (χ0v) is 14.7. The van der Waals surface area contributed by atoms with Crippen LogP contribution in [0.25, 0.3) is 0 Å². The van der Waals surface area contributed by atoms with Crippen molar-refractivity contribution in [3.8, 4) is 0 Å². The molecule has 0 bridgehead atoms. The van der Waals surface area contributed by atoms with Gasteiger partial charge in [0, 0.05) is 12.5 Å². The second-order valence-corrected chi connectivity index (χ2v) is 9.57. The number of nitrogens with zero attached hydrogens (tertiary/aromatic N) is 2. The molecule has 0 radical (unpaired) electrons. The van der Waals surface area contributed by atoms with Crippen LogP contribution in [0.3, 0.4) is 0 Å². The summed E-state index contributed by atoms with van der Waals surface area (Å²) in [5.74, 6) is 1.78.